The molecule has 0 bridgehead atoms. The first-order chi connectivity index (χ1) is 8.61. The van der Waals surface area contributed by atoms with Crippen molar-refractivity contribution in [2.24, 2.45) is 0 Å². The number of carbonyl (C=O) groups is 1. The number of carboxylic acids is 1. The second-order valence-corrected chi connectivity index (χ2v) is 3.86. The van der Waals surface area contributed by atoms with E-state index in [0.717, 1.165) is 5.56 Å². The smallest absolute Gasteiger partial charge is 0.358 e. The molecule has 0 saturated carbocycles. The summed E-state index contributed by atoms with van der Waals surface area (Å²) < 4.78 is 4.89. The van der Waals surface area contributed by atoms with Crippen molar-refractivity contribution < 1.29 is 14.4 Å². The Morgan fingerprint density at radius 3 is 2.67 bits per heavy atom. The quantitative estimate of drug-likeness (QED) is 0.890. The van der Waals surface area contributed by atoms with Gasteiger partial charge in [0.2, 0.25) is 0 Å². The van der Waals surface area contributed by atoms with E-state index in [-0.39, 0.29) is 5.69 Å². The van der Waals surface area contributed by atoms with Crippen molar-refractivity contribution in [1.82, 2.24) is 5.16 Å². The third-order valence-electron chi connectivity index (χ3n) is 2.65. The molecule has 0 saturated heterocycles. The first kappa shape index (κ1) is 11.9. The average molecular weight is 242 g/mol. The number of carboxylic acid groups (broad SMARTS) is 1. The van der Waals surface area contributed by atoms with Crippen LogP contribution in [0.3, 0.4) is 0 Å². The zero-order valence-corrected chi connectivity index (χ0v) is 9.67. The number of nitriles is 1. The molecule has 0 fully saturated rings. The lowest BCUT2D eigenvalue weighted by atomic mass is 10.0. The highest BCUT2D eigenvalue weighted by Crippen LogP contribution is 2.18. The highest BCUT2D eigenvalue weighted by atomic mass is 16.5. The predicted molar refractivity (Wildman–Crippen MR) is 62.2 cm³/mol. The lowest BCUT2D eigenvalue weighted by Crippen LogP contribution is -2.02. The highest BCUT2D eigenvalue weighted by Gasteiger charge is 2.18. The number of benzene rings is 1. The molecular weight excluding hydrogens is 232 g/mol. The van der Waals surface area contributed by atoms with Crippen LogP contribution < -0.4 is 0 Å². The third kappa shape index (κ3) is 2.23. The Bertz CT molecular complexity index is 621. The molecule has 1 heterocycles. The summed E-state index contributed by atoms with van der Waals surface area (Å²) in [7, 11) is 0. The molecule has 90 valence electrons. The minimum atomic E-state index is -1.10. The van der Waals surface area contributed by atoms with Gasteiger partial charge in [0.25, 0.3) is 0 Å². The van der Waals surface area contributed by atoms with Crippen molar-refractivity contribution in [2.75, 3.05) is 0 Å². The molecular formula is C13H10N2O3. The molecule has 5 heteroatoms. The Hall–Kier alpha value is -2.61. The second-order valence-electron chi connectivity index (χ2n) is 3.86. The summed E-state index contributed by atoms with van der Waals surface area (Å²) in [5, 5.41) is 21.2. The number of aromatic carboxylic acids is 1. The maximum absolute atomic E-state index is 11.0. The molecule has 0 amide bonds. The van der Waals surface area contributed by atoms with Crippen LogP contribution in [0.1, 0.15) is 32.9 Å². The van der Waals surface area contributed by atoms with Gasteiger partial charge in [0.05, 0.1) is 11.6 Å². The number of aromatic nitrogens is 1. The summed E-state index contributed by atoms with van der Waals surface area (Å²) >= 11 is 0. The number of hydrogen-bond acceptors (Lipinski definition) is 4. The Balaban J connectivity index is 2.31. The lowest BCUT2D eigenvalue weighted by Gasteiger charge is -2.00. The topological polar surface area (TPSA) is 87.1 Å². The zero-order valence-electron chi connectivity index (χ0n) is 9.67. The molecule has 0 aliphatic heterocycles. The van der Waals surface area contributed by atoms with Crippen LogP contribution in [-0.4, -0.2) is 16.2 Å². The van der Waals surface area contributed by atoms with Gasteiger partial charge in [-0.2, -0.15) is 5.26 Å². The average Bonchev–Trinajstić information content (AvgIpc) is 2.72. The third-order valence-corrected chi connectivity index (χ3v) is 2.65. The summed E-state index contributed by atoms with van der Waals surface area (Å²) in [6.45, 7) is 1.68. The van der Waals surface area contributed by atoms with E-state index in [1.807, 2.05) is 6.07 Å². The normalized spacial score (nSPS) is 10.0. The number of nitrogens with zero attached hydrogens (tertiary/aromatic N) is 2. The Kier molecular flexibility index (Phi) is 3.11. The van der Waals surface area contributed by atoms with Crippen LogP contribution in [0.2, 0.25) is 0 Å². The Morgan fingerprint density at radius 2 is 2.11 bits per heavy atom. The van der Waals surface area contributed by atoms with Gasteiger partial charge in [-0.25, -0.2) is 4.79 Å². The van der Waals surface area contributed by atoms with Crippen LogP contribution in [0.4, 0.5) is 0 Å². The van der Waals surface area contributed by atoms with Gasteiger partial charge < -0.3 is 9.63 Å². The van der Waals surface area contributed by atoms with Crippen molar-refractivity contribution in [3.8, 4) is 6.07 Å². The molecule has 18 heavy (non-hydrogen) atoms. The molecule has 1 aromatic carbocycles. The van der Waals surface area contributed by atoms with Crippen LogP contribution in [0.5, 0.6) is 0 Å². The molecule has 2 rings (SSSR count). The fraction of sp³-hybridized carbons (Fsp3) is 0.154. The summed E-state index contributed by atoms with van der Waals surface area (Å²) in [4.78, 5) is 11.0. The monoisotopic (exact) mass is 242 g/mol. The first-order valence-corrected chi connectivity index (χ1v) is 5.29. The number of aryl methyl sites for hydroxylation is 1. The molecule has 2 aromatic rings. The van der Waals surface area contributed by atoms with Crippen molar-refractivity contribution in [3.63, 3.8) is 0 Å². The van der Waals surface area contributed by atoms with Crippen molar-refractivity contribution in [1.29, 1.82) is 5.26 Å². The van der Waals surface area contributed by atoms with Gasteiger partial charge in [-0.1, -0.05) is 17.3 Å². The van der Waals surface area contributed by atoms with E-state index < -0.39 is 5.97 Å². The molecule has 0 unspecified atom stereocenters. The molecule has 0 aliphatic carbocycles. The zero-order chi connectivity index (χ0) is 13.1. The number of rotatable bonds is 3. The molecule has 0 spiro atoms. The van der Waals surface area contributed by atoms with Gasteiger partial charge in [-0.3, -0.25) is 0 Å². The van der Waals surface area contributed by atoms with Crippen molar-refractivity contribution >= 4 is 5.97 Å². The molecule has 1 N–H and O–H groups in total. The second kappa shape index (κ2) is 4.72. The summed E-state index contributed by atoms with van der Waals surface area (Å²) in [6.07, 6.45) is 0.419. The molecule has 0 radical (unpaired) electrons. The van der Waals surface area contributed by atoms with E-state index in [0.29, 0.717) is 23.3 Å². The van der Waals surface area contributed by atoms with Gasteiger partial charge in [0, 0.05) is 12.0 Å². The maximum atomic E-state index is 11.0. The van der Waals surface area contributed by atoms with Gasteiger partial charge in [0.15, 0.2) is 5.69 Å². The van der Waals surface area contributed by atoms with E-state index in [4.69, 9.17) is 14.9 Å². The Morgan fingerprint density at radius 1 is 1.44 bits per heavy atom. The van der Waals surface area contributed by atoms with E-state index in [9.17, 15) is 4.79 Å². The summed E-state index contributed by atoms with van der Waals surface area (Å²) in [5.41, 5.74) is 1.98. The van der Waals surface area contributed by atoms with Crippen LogP contribution in [-0.2, 0) is 6.42 Å². The summed E-state index contributed by atoms with van der Waals surface area (Å²) in [6, 6.07) is 8.99. The molecule has 0 atom stereocenters. The van der Waals surface area contributed by atoms with E-state index >= 15 is 0 Å². The summed E-state index contributed by atoms with van der Waals surface area (Å²) in [5.74, 6) is -0.604. The van der Waals surface area contributed by atoms with Gasteiger partial charge in [-0.05, 0) is 24.6 Å². The van der Waals surface area contributed by atoms with Gasteiger partial charge in [0.1, 0.15) is 5.76 Å². The molecule has 0 aliphatic rings. The largest absolute Gasteiger partial charge is 0.476 e. The molecule has 1 aromatic heterocycles. The highest BCUT2D eigenvalue weighted by molar-refractivity contribution is 5.87. The van der Waals surface area contributed by atoms with E-state index in [2.05, 4.69) is 5.16 Å². The minimum absolute atomic E-state index is 0.0585. The van der Waals surface area contributed by atoms with E-state index in [1.54, 1.807) is 31.2 Å². The van der Waals surface area contributed by atoms with Gasteiger partial charge >= 0.3 is 5.97 Å². The Labute approximate surface area is 103 Å². The van der Waals surface area contributed by atoms with Gasteiger partial charge in [-0.15, -0.1) is 0 Å². The number of hydrogen-bond donors (Lipinski definition) is 1. The minimum Gasteiger partial charge on any atom is -0.476 e. The molecule has 5 nitrogen and oxygen atoms in total. The fourth-order valence-corrected chi connectivity index (χ4v) is 1.67. The standard InChI is InChI=1S/C13H10N2O3/c1-8-11(12(13(16)17)15-18-8)6-9-2-4-10(7-14)5-3-9/h2-5H,6H2,1H3,(H,16,17). The lowest BCUT2D eigenvalue weighted by molar-refractivity contribution is 0.0685. The SMILES string of the molecule is Cc1onc(C(=O)O)c1Cc1ccc(C#N)cc1. The predicted octanol–water partition coefficient (Wildman–Crippen LogP) is 2.14. The fourth-order valence-electron chi connectivity index (χ4n) is 1.67. The van der Waals surface area contributed by atoms with Crippen molar-refractivity contribution in [2.45, 2.75) is 13.3 Å². The van der Waals surface area contributed by atoms with Crippen LogP contribution >= 0.6 is 0 Å². The van der Waals surface area contributed by atoms with Crippen LogP contribution in [0, 0.1) is 18.3 Å². The first-order valence-electron chi connectivity index (χ1n) is 5.29. The van der Waals surface area contributed by atoms with Crippen LogP contribution in [0.15, 0.2) is 28.8 Å². The van der Waals surface area contributed by atoms with Crippen LogP contribution in [0.25, 0.3) is 0 Å². The van der Waals surface area contributed by atoms with E-state index in [1.165, 1.54) is 0 Å². The maximum Gasteiger partial charge on any atom is 0.358 e. The van der Waals surface area contributed by atoms with Crippen molar-refractivity contribution in [3.05, 3.63) is 52.4 Å².